The molecule has 0 spiro atoms. The van der Waals surface area contributed by atoms with Crippen LogP contribution in [-0.4, -0.2) is 36.9 Å². The molecule has 0 atom stereocenters. The molecule has 0 aliphatic rings. The Morgan fingerprint density at radius 2 is 1.73 bits per heavy atom. The highest BCUT2D eigenvalue weighted by Crippen LogP contribution is 2.22. The van der Waals surface area contributed by atoms with Crippen LogP contribution in [-0.2, 0) is 6.42 Å². The van der Waals surface area contributed by atoms with Crippen molar-refractivity contribution < 1.29 is 4.79 Å². The van der Waals surface area contributed by atoms with Gasteiger partial charge in [0.15, 0.2) is 5.78 Å². The van der Waals surface area contributed by atoms with E-state index in [0.29, 0.717) is 6.54 Å². The van der Waals surface area contributed by atoms with Crippen LogP contribution in [0.15, 0.2) is 53.4 Å². The molecule has 5 heteroatoms. The van der Waals surface area contributed by atoms with Crippen LogP contribution < -0.4 is 10.7 Å². The second-order valence-corrected chi connectivity index (χ2v) is 8.89. The van der Waals surface area contributed by atoms with Crippen molar-refractivity contribution in [3.63, 3.8) is 0 Å². The molecule has 0 saturated carbocycles. The predicted molar refractivity (Wildman–Crippen MR) is 129 cm³/mol. The van der Waals surface area contributed by atoms with Gasteiger partial charge in [-0.2, -0.15) is 4.41 Å². The quantitative estimate of drug-likeness (QED) is 0.172. The average Bonchev–Trinajstić information content (AvgIpc) is 2.75. The second kappa shape index (κ2) is 14.4. The molecule has 0 aromatic heterocycles. The molecule has 2 rings (SSSR count). The molecule has 2 N–H and O–H groups in total. The molecule has 4 nitrogen and oxygen atoms in total. The standard InChI is InChI=1S/C25H37N3OS/c1-4-5-6-7-12-22-14-16-23(17-15-22)24(29)20-26-18-10-19-27-28(3)30-25-13-9-8-11-21(25)2/h8-9,11,13-17,26-27H,4-7,10,12,18-20H2,1-3H3. The Morgan fingerprint density at radius 3 is 2.47 bits per heavy atom. The lowest BCUT2D eigenvalue weighted by Crippen LogP contribution is -2.32. The normalized spacial score (nSPS) is 11.2. The van der Waals surface area contributed by atoms with Gasteiger partial charge >= 0.3 is 0 Å². The van der Waals surface area contributed by atoms with Crippen LogP contribution >= 0.6 is 11.9 Å². The number of rotatable bonds is 15. The number of hydrazine groups is 1. The Labute approximate surface area is 186 Å². The molecule has 30 heavy (non-hydrogen) atoms. The van der Waals surface area contributed by atoms with E-state index in [1.807, 2.05) is 23.6 Å². The molecule has 0 amide bonds. The fraction of sp³-hybridized carbons (Fsp3) is 0.480. The summed E-state index contributed by atoms with van der Waals surface area (Å²) in [5, 5.41) is 3.26. The summed E-state index contributed by atoms with van der Waals surface area (Å²) in [4.78, 5) is 13.6. The van der Waals surface area contributed by atoms with E-state index < -0.39 is 0 Å². The van der Waals surface area contributed by atoms with E-state index in [4.69, 9.17) is 0 Å². The monoisotopic (exact) mass is 427 g/mol. The molecular formula is C25H37N3OS. The molecule has 0 heterocycles. The van der Waals surface area contributed by atoms with Crippen molar-refractivity contribution in [3.05, 3.63) is 65.2 Å². The number of hydrogen-bond donors (Lipinski definition) is 2. The summed E-state index contributed by atoms with van der Waals surface area (Å²) in [5.74, 6) is 0.160. The summed E-state index contributed by atoms with van der Waals surface area (Å²) < 4.78 is 2.04. The maximum absolute atomic E-state index is 12.3. The van der Waals surface area contributed by atoms with Gasteiger partial charge in [0, 0.05) is 24.1 Å². The Bertz CT molecular complexity index is 748. The third-order valence-corrected chi connectivity index (χ3v) is 6.13. The lowest BCUT2D eigenvalue weighted by atomic mass is 10.0. The van der Waals surface area contributed by atoms with E-state index in [2.05, 4.69) is 61.0 Å². The number of ketones is 1. The van der Waals surface area contributed by atoms with Crippen LogP contribution in [0, 0.1) is 6.92 Å². The third-order valence-electron chi connectivity index (χ3n) is 5.07. The average molecular weight is 428 g/mol. The van der Waals surface area contributed by atoms with Crippen molar-refractivity contribution in [3.8, 4) is 0 Å². The lowest BCUT2D eigenvalue weighted by molar-refractivity contribution is 0.0991. The first-order chi connectivity index (χ1) is 14.6. The van der Waals surface area contributed by atoms with Gasteiger partial charge in [-0.15, -0.1) is 0 Å². The molecule has 0 unspecified atom stereocenters. The summed E-state index contributed by atoms with van der Waals surface area (Å²) in [6, 6.07) is 16.5. The van der Waals surface area contributed by atoms with E-state index in [9.17, 15) is 4.79 Å². The Morgan fingerprint density at radius 1 is 0.967 bits per heavy atom. The lowest BCUT2D eigenvalue weighted by Gasteiger charge is -2.18. The number of Topliss-reactive ketones (excluding diaryl/α,β-unsaturated/α-hetero) is 1. The van der Waals surface area contributed by atoms with Crippen LogP contribution in [0.1, 0.15) is 60.5 Å². The minimum atomic E-state index is 0.160. The summed E-state index contributed by atoms with van der Waals surface area (Å²) >= 11 is 1.69. The third kappa shape index (κ3) is 9.43. The number of nitrogens with one attached hydrogen (secondary N) is 2. The molecule has 0 bridgehead atoms. The van der Waals surface area contributed by atoms with E-state index in [1.165, 1.54) is 41.7 Å². The number of hydrogen-bond acceptors (Lipinski definition) is 5. The molecule has 0 aliphatic heterocycles. The molecule has 164 valence electrons. The first-order valence-electron chi connectivity index (χ1n) is 11.1. The van der Waals surface area contributed by atoms with Gasteiger partial charge in [0.05, 0.1) is 6.54 Å². The zero-order valence-corrected chi connectivity index (χ0v) is 19.6. The number of carbonyl (C=O) groups excluding carboxylic acids is 1. The van der Waals surface area contributed by atoms with Crippen molar-refractivity contribution in [2.24, 2.45) is 0 Å². The zero-order valence-electron chi connectivity index (χ0n) is 18.7. The van der Waals surface area contributed by atoms with Gasteiger partial charge < -0.3 is 5.32 Å². The molecule has 0 aliphatic carbocycles. The van der Waals surface area contributed by atoms with E-state index in [-0.39, 0.29) is 5.78 Å². The first kappa shape index (κ1) is 24.6. The Hall–Kier alpha value is -1.66. The highest BCUT2D eigenvalue weighted by molar-refractivity contribution is 7.97. The Balaban J connectivity index is 1.57. The topological polar surface area (TPSA) is 44.4 Å². The van der Waals surface area contributed by atoms with Crippen LogP contribution in [0.5, 0.6) is 0 Å². The van der Waals surface area contributed by atoms with Gasteiger partial charge in [0.25, 0.3) is 0 Å². The number of benzene rings is 2. The van der Waals surface area contributed by atoms with Gasteiger partial charge in [0.2, 0.25) is 0 Å². The first-order valence-corrected chi connectivity index (χ1v) is 11.9. The van der Waals surface area contributed by atoms with Crippen molar-refractivity contribution in [2.75, 3.05) is 26.7 Å². The van der Waals surface area contributed by atoms with Crippen LogP contribution in [0.25, 0.3) is 0 Å². The van der Waals surface area contributed by atoms with E-state index in [0.717, 1.165) is 31.5 Å². The number of nitrogens with zero attached hydrogens (tertiary/aromatic N) is 1. The molecule has 2 aromatic rings. The second-order valence-electron chi connectivity index (χ2n) is 7.72. The molecule has 0 saturated heterocycles. The van der Waals surface area contributed by atoms with Gasteiger partial charge in [-0.05, 0) is 61.9 Å². The van der Waals surface area contributed by atoms with Gasteiger partial charge in [-0.1, -0.05) is 68.7 Å². The fourth-order valence-electron chi connectivity index (χ4n) is 3.21. The van der Waals surface area contributed by atoms with Crippen molar-refractivity contribution in [2.45, 2.75) is 57.3 Å². The highest BCUT2D eigenvalue weighted by atomic mass is 32.2. The van der Waals surface area contributed by atoms with Gasteiger partial charge in [-0.25, -0.2) is 5.43 Å². The van der Waals surface area contributed by atoms with Gasteiger partial charge in [-0.3, -0.25) is 4.79 Å². The minimum absolute atomic E-state index is 0.160. The SMILES string of the molecule is CCCCCCc1ccc(C(=O)CNCCCNN(C)Sc2ccccc2C)cc1. The van der Waals surface area contributed by atoms with Crippen LogP contribution in [0.4, 0.5) is 0 Å². The maximum atomic E-state index is 12.3. The van der Waals surface area contributed by atoms with Crippen molar-refractivity contribution in [1.29, 1.82) is 0 Å². The smallest absolute Gasteiger partial charge is 0.176 e. The minimum Gasteiger partial charge on any atom is -0.310 e. The maximum Gasteiger partial charge on any atom is 0.176 e. The van der Waals surface area contributed by atoms with Crippen LogP contribution in [0.3, 0.4) is 0 Å². The van der Waals surface area contributed by atoms with E-state index >= 15 is 0 Å². The van der Waals surface area contributed by atoms with Crippen molar-refractivity contribution in [1.82, 2.24) is 15.2 Å². The van der Waals surface area contributed by atoms with Gasteiger partial charge in [0.1, 0.15) is 0 Å². The Kier molecular flexibility index (Phi) is 11.8. The molecule has 0 fully saturated rings. The number of carbonyl (C=O) groups is 1. The van der Waals surface area contributed by atoms with E-state index in [1.54, 1.807) is 11.9 Å². The number of aryl methyl sites for hydroxylation is 2. The van der Waals surface area contributed by atoms with Crippen molar-refractivity contribution >= 4 is 17.7 Å². The molecule has 0 radical (unpaired) electrons. The fourth-order valence-corrected chi connectivity index (χ4v) is 4.01. The zero-order chi connectivity index (χ0) is 21.6. The highest BCUT2D eigenvalue weighted by Gasteiger charge is 2.06. The summed E-state index contributed by atoms with van der Waals surface area (Å²) in [5.41, 5.74) is 6.79. The summed E-state index contributed by atoms with van der Waals surface area (Å²) in [6.07, 6.45) is 7.16. The van der Waals surface area contributed by atoms with Crippen LogP contribution in [0.2, 0.25) is 0 Å². The summed E-state index contributed by atoms with van der Waals surface area (Å²) in [7, 11) is 2.03. The largest absolute Gasteiger partial charge is 0.310 e. The molecular weight excluding hydrogens is 390 g/mol. The summed E-state index contributed by atoms with van der Waals surface area (Å²) in [6.45, 7) is 6.43. The predicted octanol–water partition coefficient (Wildman–Crippen LogP) is 5.42. The number of unbranched alkanes of at least 4 members (excludes halogenated alkanes) is 3. The molecule has 2 aromatic carbocycles.